The minimum atomic E-state index is 0. The van der Waals surface area contributed by atoms with Crippen molar-refractivity contribution in [2.24, 2.45) is 5.92 Å². The summed E-state index contributed by atoms with van der Waals surface area (Å²) in [6.07, 6.45) is 4.98. The maximum Gasteiger partial charge on any atom is 2.00 e. The molecule has 0 amide bonds. The Morgan fingerprint density at radius 3 is 2.28 bits per heavy atom. The average Bonchev–Trinajstić information content (AvgIpc) is 3.10. The third kappa shape index (κ3) is 6.43. The van der Waals surface area contributed by atoms with Crippen LogP contribution in [0, 0.1) is 33.6 Å². The van der Waals surface area contributed by atoms with Crippen molar-refractivity contribution in [3.05, 3.63) is 84.6 Å². The van der Waals surface area contributed by atoms with Gasteiger partial charge in [-0.3, -0.25) is 0 Å². The summed E-state index contributed by atoms with van der Waals surface area (Å²) in [5.41, 5.74) is 5.52. The van der Waals surface area contributed by atoms with Crippen LogP contribution in [0.3, 0.4) is 0 Å². The van der Waals surface area contributed by atoms with E-state index in [1.165, 1.54) is 35.1 Å². The van der Waals surface area contributed by atoms with Crippen LogP contribution in [0.15, 0.2) is 48.5 Å². The summed E-state index contributed by atoms with van der Waals surface area (Å²) in [7, 11) is 4.07. The molecule has 0 aliphatic heterocycles. The first-order valence-electron chi connectivity index (χ1n) is 10.2. The van der Waals surface area contributed by atoms with Crippen molar-refractivity contribution in [1.29, 1.82) is 0 Å². The Morgan fingerprint density at radius 1 is 1.07 bits per heavy atom. The number of benzene rings is 2. The molecule has 3 rings (SSSR count). The number of methoxy groups -OCH3 is 1. The second-order valence-corrected chi connectivity index (χ2v) is 8.29. The van der Waals surface area contributed by atoms with Crippen LogP contribution in [0.5, 0.6) is 0 Å². The Bertz CT molecular complexity index is 712. The normalized spacial score (nSPS) is 20.6. The predicted molar refractivity (Wildman–Crippen MR) is 120 cm³/mol. The zero-order chi connectivity index (χ0) is 19.4. The molecule has 0 heterocycles. The summed E-state index contributed by atoms with van der Waals surface area (Å²) in [5, 5.41) is 0. The molecular weight excluding hydrogens is 398 g/mol. The van der Waals surface area contributed by atoms with Gasteiger partial charge in [0.25, 0.3) is 0 Å². The van der Waals surface area contributed by atoms with E-state index in [0.717, 1.165) is 6.54 Å². The minimum absolute atomic E-state index is 0. The van der Waals surface area contributed by atoms with Gasteiger partial charge in [-0.15, -0.1) is 0 Å². The molecule has 0 N–H and O–H groups in total. The fourth-order valence-electron chi connectivity index (χ4n) is 4.70. The van der Waals surface area contributed by atoms with Crippen LogP contribution in [0.2, 0.25) is 0 Å². The van der Waals surface area contributed by atoms with Crippen LogP contribution in [0.1, 0.15) is 54.0 Å². The molecule has 160 valence electrons. The van der Waals surface area contributed by atoms with Gasteiger partial charge in [-0.05, 0) is 51.4 Å². The zero-order valence-corrected chi connectivity index (χ0v) is 19.9. The molecular formula is C26H37FeNO. The molecule has 1 aliphatic carbocycles. The van der Waals surface area contributed by atoms with Crippen molar-refractivity contribution in [3.8, 4) is 0 Å². The van der Waals surface area contributed by atoms with E-state index >= 15 is 0 Å². The number of aryl methyl sites for hydroxylation is 2. The molecule has 3 heteroatoms. The second kappa shape index (κ2) is 11.9. The van der Waals surface area contributed by atoms with Gasteiger partial charge in [0.15, 0.2) is 0 Å². The molecule has 1 saturated carbocycles. The monoisotopic (exact) mass is 435 g/mol. The number of hydrogen-bond donors (Lipinski definition) is 0. The van der Waals surface area contributed by atoms with Crippen molar-refractivity contribution in [3.63, 3.8) is 0 Å². The topological polar surface area (TPSA) is 12.5 Å². The predicted octanol–water partition coefficient (Wildman–Crippen LogP) is 6.16. The van der Waals surface area contributed by atoms with Gasteiger partial charge in [0, 0.05) is 13.2 Å². The van der Waals surface area contributed by atoms with Gasteiger partial charge in [-0.25, -0.2) is 0 Å². The van der Waals surface area contributed by atoms with Crippen LogP contribution in [-0.2, 0) is 21.8 Å². The van der Waals surface area contributed by atoms with Gasteiger partial charge in [0.1, 0.15) is 0 Å². The Balaban J connectivity index is 0.00000210. The smallest absolute Gasteiger partial charge is 0.375 e. The van der Waals surface area contributed by atoms with Crippen molar-refractivity contribution in [2.45, 2.75) is 51.7 Å². The van der Waals surface area contributed by atoms with E-state index in [9.17, 15) is 0 Å². The average molecular weight is 435 g/mol. The van der Waals surface area contributed by atoms with Crippen LogP contribution < -0.4 is 0 Å². The molecule has 0 bridgehead atoms. The first-order chi connectivity index (χ1) is 13.0. The molecule has 1 fully saturated rings. The molecule has 29 heavy (non-hydrogen) atoms. The number of likely N-dealkylation sites (N-methyl/N-ethyl adjacent to an activating group) is 1. The van der Waals surface area contributed by atoms with E-state index in [1.54, 1.807) is 0 Å². The number of nitrogens with zero attached hydrogens (tertiary/aromatic N) is 1. The fourth-order valence-corrected chi connectivity index (χ4v) is 4.70. The van der Waals surface area contributed by atoms with E-state index in [2.05, 4.69) is 87.7 Å². The van der Waals surface area contributed by atoms with E-state index in [0.29, 0.717) is 17.9 Å². The van der Waals surface area contributed by atoms with Gasteiger partial charge in [-0.1, -0.05) is 65.6 Å². The SMILES string of the molecule is CO[C@H](c1ccccc1)[C@H](C)N(C)CC1C[CH-]CC1c1cc(C)cc(C)c1.[CH3-].[Fe+2]. The number of hydrogen-bond acceptors (Lipinski definition) is 2. The summed E-state index contributed by atoms with van der Waals surface area (Å²) >= 11 is 0. The maximum absolute atomic E-state index is 5.88. The Hall–Kier alpha value is -1.12. The van der Waals surface area contributed by atoms with E-state index < -0.39 is 0 Å². The van der Waals surface area contributed by atoms with Gasteiger partial charge >= 0.3 is 17.1 Å². The van der Waals surface area contributed by atoms with Gasteiger partial charge < -0.3 is 23.5 Å². The third-order valence-corrected chi connectivity index (χ3v) is 6.17. The summed E-state index contributed by atoms with van der Waals surface area (Å²) in [6, 6.07) is 18.0. The second-order valence-electron chi connectivity index (χ2n) is 8.29. The first-order valence-corrected chi connectivity index (χ1v) is 10.2. The molecule has 0 saturated heterocycles. The molecule has 0 radical (unpaired) electrons. The van der Waals surface area contributed by atoms with E-state index in [1.807, 2.05) is 7.11 Å². The third-order valence-electron chi connectivity index (χ3n) is 6.17. The molecule has 1 aliphatic rings. The van der Waals surface area contributed by atoms with Crippen molar-refractivity contribution in [2.75, 3.05) is 20.7 Å². The van der Waals surface area contributed by atoms with Gasteiger partial charge in [0.05, 0.1) is 6.10 Å². The fraction of sp³-hybridized carbons (Fsp3) is 0.462. The van der Waals surface area contributed by atoms with Crippen LogP contribution in [0.4, 0.5) is 0 Å². The van der Waals surface area contributed by atoms with E-state index in [4.69, 9.17) is 4.74 Å². The van der Waals surface area contributed by atoms with Crippen LogP contribution >= 0.6 is 0 Å². The standard InChI is InChI=1S/C25H34NO.CH3.Fe/c1-18-14-19(2)16-23(15-18)24-13-9-12-22(24)17-26(4)20(3)25(27-5)21-10-7-6-8-11-21;;/h6-11,14-16,20,22,24-25H,12-13,17H2,1-5H3;1H3;/q2*-1;+2/t20-,22?,24?,25-;;/m0../s1. The molecule has 2 nitrogen and oxygen atoms in total. The quantitative estimate of drug-likeness (QED) is 0.382. The van der Waals surface area contributed by atoms with Gasteiger partial charge in [0.2, 0.25) is 0 Å². The Labute approximate surface area is 189 Å². The molecule has 0 spiro atoms. The molecule has 2 aromatic rings. The molecule has 4 atom stereocenters. The van der Waals surface area contributed by atoms with Gasteiger partial charge in [-0.2, -0.15) is 12.8 Å². The van der Waals surface area contributed by atoms with Crippen molar-refractivity contribution in [1.82, 2.24) is 4.90 Å². The summed E-state index contributed by atoms with van der Waals surface area (Å²) in [5.74, 6) is 1.31. The summed E-state index contributed by atoms with van der Waals surface area (Å²) in [4.78, 5) is 2.49. The van der Waals surface area contributed by atoms with Crippen LogP contribution in [0.25, 0.3) is 0 Å². The summed E-state index contributed by atoms with van der Waals surface area (Å²) < 4.78 is 5.88. The molecule has 2 unspecified atom stereocenters. The van der Waals surface area contributed by atoms with Crippen LogP contribution in [-0.4, -0.2) is 31.6 Å². The number of rotatable bonds is 7. The van der Waals surface area contributed by atoms with Crippen molar-refractivity contribution >= 4 is 0 Å². The Kier molecular flexibility index (Phi) is 10.6. The number of ether oxygens (including phenoxy) is 1. The summed E-state index contributed by atoms with van der Waals surface area (Å²) in [6.45, 7) is 7.80. The first kappa shape index (κ1) is 25.9. The maximum atomic E-state index is 5.88. The van der Waals surface area contributed by atoms with Crippen molar-refractivity contribution < 1.29 is 21.8 Å². The zero-order valence-electron chi connectivity index (χ0n) is 18.8. The Morgan fingerprint density at radius 2 is 1.69 bits per heavy atom. The molecule has 0 aromatic heterocycles. The van der Waals surface area contributed by atoms with E-state index in [-0.39, 0.29) is 30.6 Å². The molecule has 2 aromatic carbocycles. The largest absolute Gasteiger partial charge is 2.00 e. The minimum Gasteiger partial charge on any atom is -0.375 e.